The van der Waals surface area contributed by atoms with Gasteiger partial charge in [0.25, 0.3) is 0 Å². The van der Waals surface area contributed by atoms with Crippen molar-refractivity contribution in [3.05, 3.63) is 29.6 Å². The summed E-state index contributed by atoms with van der Waals surface area (Å²) in [6.45, 7) is 3.41. The van der Waals surface area contributed by atoms with Crippen LogP contribution in [0.25, 0.3) is 0 Å². The molecule has 1 aliphatic heterocycles. The van der Waals surface area contributed by atoms with Crippen molar-refractivity contribution < 1.29 is 9.50 Å². The molecule has 18 heavy (non-hydrogen) atoms. The highest BCUT2D eigenvalue weighted by Gasteiger charge is 2.27. The molecule has 1 aromatic rings. The fraction of sp³-hybridized carbons (Fsp3) is 0.571. The predicted molar refractivity (Wildman–Crippen MR) is 71.3 cm³/mol. The number of hydrogen-bond acceptors (Lipinski definition) is 3. The quantitative estimate of drug-likeness (QED) is 0.891. The molecule has 0 amide bonds. The Hall–Kier alpha value is -1.13. The van der Waals surface area contributed by atoms with E-state index in [0.29, 0.717) is 11.6 Å². The summed E-state index contributed by atoms with van der Waals surface area (Å²) in [5, 5.41) is 9.74. The second-order valence-electron chi connectivity index (χ2n) is 5.20. The van der Waals surface area contributed by atoms with E-state index in [2.05, 4.69) is 23.9 Å². The third-order valence-electron chi connectivity index (χ3n) is 3.68. The summed E-state index contributed by atoms with van der Waals surface area (Å²) in [4.78, 5) is 4.36. The first-order valence-electron chi connectivity index (χ1n) is 6.38. The van der Waals surface area contributed by atoms with E-state index in [1.807, 2.05) is 6.07 Å². The normalized spacial score (nSPS) is 21.7. The van der Waals surface area contributed by atoms with Crippen LogP contribution in [-0.4, -0.2) is 43.2 Å². The van der Waals surface area contributed by atoms with Gasteiger partial charge in [0.1, 0.15) is 5.82 Å². The maximum atomic E-state index is 13.8. The van der Waals surface area contributed by atoms with Crippen LogP contribution in [0, 0.1) is 5.82 Å². The maximum absolute atomic E-state index is 13.8. The van der Waals surface area contributed by atoms with Gasteiger partial charge in [0, 0.05) is 30.4 Å². The largest absolute Gasteiger partial charge is 0.389 e. The zero-order chi connectivity index (χ0) is 13.3. The van der Waals surface area contributed by atoms with E-state index in [1.54, 1.807) is 13.0 Å². The molecule has 0 saturated carbocycles. The Labute approximate surface area is 108 Å². The number of rotatable bonds is 3. The van der Waals surface area contributed by atoms with E-state index in [4.69, 9.17) is 0 Å². The van der Waals surface area contributed by atoms with Crippen LogP contribution in [0.3, 0.4) is 0 Å². The van der Waals surface area contributed by atoms with Crippen LogP contribution in [0.1, 0.15) is 25.0 Å². The first-order chi connectivity index (χ1) is 8.50. The molecule has 2 rings (SSSR count). The van der Waals surface area contributed by atoms with Gasteiger partial charge in [-0.05, 0) is 39.6 Å². The van der Waals surface area contributed by atoms with Crippen LogP contribution in [-0.2, 0) is 0 Å². The van der Waals surface area contributed by atoms with Crippen LogP contribution in [0.15, 0.2) is 18.2 Å². The molecule has 1 fully saturated rings. The molecule has 4 heteroatoms. The lowest BCUT2D eigenvalue weighted by Gasteiger charge is -2.25. The summed E-state index contributed by atoms with van der Waals surface area (Å²) in [5.41, 5.74) is 1.24. The Morgan fingerprint density at radius 2 is 2.17 bits per heavy atom. The van der Waals surface area contributed by atoms with E-state index in [-0.39, 0.29) is 5.82 Å². The Bertz CT molecular complexity index is 420. The average molecular weight is 252 g/mol. The second-order valence-corrected chi connectivity index (χ2v) is 5.20. The van der Waals surface area contributed by atoms with Crippen LogP contribution < -0.4 is 4.90 Å². The highest BCUT2D eigenvalue weighted by atomic mass is 19.1. The fourth-order valence-corrected chi connectivity index (χ4v) is 2.60. The van der Waals surface area contributed by atoms with E-state index in [0.717, 1.165) is 25.2 Å². The van der Waals surface area contributed by atoms with Crippen molar-refractivity contribution in [1.29, 1.82) is 0 Å². The highest BCUT2D eigenvalue weighted by Crippen LogP contribution is 2.31. The van der Waals surface area contributed by atoms with Gasteiger partial charge in [-0.25, -0.2) is 4.39 Å². The van der Waals surface area contributed by atoms with Gasteiger partial charge >= 0.3 is 0 Å². The number of likely N-dealkylation sites (N-methyl/N-ethyl adjacent to an activating group) is 1. The molecular formula is C14H21FN2O. The molecule has 2 atom stereocenters. The monoisotopic (exact) mass is 252 g/mol. The van der Waals surface area contributed by atoms with Crippen LogP contribution >= 0.6 is 0 Å². The minimum Gasteiger partial charge on any atom is -0.389 e. The van der Waals surface area contributed by atoms with Gasteiger partial charge in [0.05, 0.1) is 6.10 Å². The highest BCUT2D eigenvalue weighted by molar-refractivity contribution is 5.56. The summed E-state index contributed by atoms with van der Waals surface area (Å²) >= 11 is 0. The summed E-state index contributed by atoms with van der Waals surface area (Å²) < 4.78 is 13.8. The Kier molecular flexibility index (Phi) is 3.88. The first kappa shape index (κ1) is 13.3. The predicted octanol–water partition coefficient (Wildman–Crippen LogP) is 2.02. The number of benzene rings is 1. The zero-order valence-corrected chi connectivity index (χ0v) is 11.2. The Balaban J connectivity index is 2.27. The van der Waals surface area contributed by atoms with Crippen LogP contribution in [0.2, 0.25) is 0 Å². The van der Waals surface area contributed by atoms with Crippen molar-refractivity contribution >= 4 is 5.69 Å². The molecule has 0 spiro atoms. The molecule has 1 aliphatic rings. The van der Waals surface area contributed by atoms with E-state index >= 15 is 0 Å². The molecule has 0 aromatic heterocycles. The number of hydrogen-bond donors (Lipinski definition) is 1. The molecule has 3 nitrogen and oxygen atoms in total. The van der Waals surface area contributed by atoms with Gasteiger partial charge in [0.15, 0.2) is 0 Å². The van der Waals surface area contributed by atoms with Gasteiger partial charge in [-0.2, -0.15) is 0 Å². The van der Waals surface area contributed by atoms with Crippen molar-refractivity contribution in [3.8, 4) is 0 Å². The second kappa shape index (κ2) is 5.24. The minimum absolute atomic E-state index is 0.323. The van der Waals surface area contributed by atoms with Crippen molar-refractivity contribution in [3.63, 3.8) is 0 Å². The van der Waals surface area contributed by atoms with Gasteiger partial charge in [-0.1, -0.05) is 6.07 Å². The summed E-state index contributed by atoms with van der Waals surface area (Å²) in [6, 6.07) is 5.50. The molecule has 100 valence electrons. The SMILES string of the molecule is C[C@H](O)c1c(F)cccc1N1CCC(N(C)C)C1. The minimum atomic E-state index is -0.778. The molecule has 0 radical (unpaired) electrons. The molecule has 0 bridgehead atoms. The average Bonchev–Trinajstić information content (AvgIpc) is 2.77. The molecule has 1 heterocycles. The molecule has 1 N–H and O–H groups in total. The van der Waals surface area contributed by atoms with Crippen molar-refractivity contribution in [2.75, 3.05) is 32.1 Å². The summed E-state index contributed by atoms with van der Waals surface area (Å²) in [5.74, 6) is -0.323. The molecule has 1 saturated heterocycles. The Morgan fingerprint density at radius 1 is 1.44 bits per heavy atom. The Morgan fingerprint density at radius 3 is 2.72 bits per heavy atom. The van der Waals surface area contributed by atoms with Crippen LogP contribution in [0.4, 0.5) is 10.1 Å². The number of nitrogens with zero attached hydrogens (tertiary/aromatic N) is 2. The first-order valence-corrected chi connectivity index (χ1v) is 6.38. The topological polar surface area (TPSA) is 26.7 Å². The number of aliphatic hydroxyl groups is 1. The van der Waals surface area contributed by atoms with Gasteiger partial charge in [0.2, 0.25) is 0 Å². The molecule has 1 unspecified atom stereocenters. The van der Waals surface area contributed by atoms with Crippen molar-refractivity contribution in [1.82, 2.24) is 4.90 Å². The lowest BCUT2D eigenvalue weighted by Crippen LogP contribution is -2.31. The number of anilines is 1. The van der Waals surface area contributed by atoms with E-state index in [9.17, 15) is 9.50 Å². The lowest BCUT2D eigenvalue weighted by molar-refractivity contribution is 0.194. The smallest absolute Gasteiger partial charge is 0.131 e. The maximum Gasteiger partial charge on any atom is 0.131 e. The van der Waals surface area contributed by atoms with Gasteiger partial charge in [-0.3, -0.25) is 0 Å². The number of aliphatic hydroxyl groups excluding tert-OH is 1. The molecule has 0 aliphatic carbocycles. The van der Waals surface area contributed by atoms with Gasteiger partial charge < -0.3 is 14.9 Å². The van der Waals surface area contributed by atoms with Crippen LogP contribution in [0.5, 0.6) is 0 Å². The molecule has 1 aromatic carbocycles. The number of halogens is 1. The third kappa shape index (κ3) is 2.49. The zero-order valence-electron chi connectivity index (χ0n) is 11.2. The van der Waals surface area contributed by atoms with E-state index in [1.165, 1.54) is 6.07 Å². The fourth-order valence-electron chi connectivity index (χ4n) is 2.60. The van der Waals surface area contributed by atoms with Gasteiger partial charge in [-0.15, -0.1) is 0 Å². The third-order valence-corrected chi connectivity index (χ3v) is 3.68. The standard InChI is InChI=1S/C14H21FN2O/c1-10(18)14-12(15)5-4-6-13(14)17-8-7-11(9-17)16(2)3/h4-6,10-11,18H,7-9H2,1-3H3/t10-,11?/m0/s1. The summed E-state index contributed by atoms with van der Waals surface area (Å²) in [7, 11) is 4.13. The summed E-state index contributed by atoms with van der Waals surface area (Å²) in [6.07, 6.45) is 0.294. The van der Waals surface area contributed by atoms with E-state index < -0.39 is 6.10 Å². The molecular weight excluding hydrogens is 231 g/mol. The van der Waals surface area contributed by atoms with Crippen molar-refractivity contribution in [2.24, 2.45) is 0 Å². The lowest BCUT2D eigenvalue weighted by atomic mass is 10.1. The van der Waals surface area contributed by atoms with Crippen molar-refractivity contribution in [2.45, 2.75) is 25.5 Å².